The van der Waals surface area contributed by atoms with Gasteiger partial charge in [-0.15, -0.1) is 0 Å². The third-order valence-electron chi connectivity index (χ3n) is 4.76. The van der Waals surface area contributed by atoms with Crippen LogP contribution in [-0.4, -0.2) is 22.7 Å². The second-order valence-corrected chi connectivity index (χ2v) is 6.65. The number of amides is 1. The lowest BCUT2D eigenvalue weighted by atomic mass is 9.97. The van der Waals surface area contributed by atoms with Crippen LogP contribution in [0.25, 0.3) is 11.1 Å². The Hall–Kier alpha value is -3.16. The molecule has 0 aromatic heterocycles. The fourth-order valence-corrected chi connectivity index (χ4v) is 3.25. The largest absolute Gasteiger partial charge is 0.416 e. The summed E-state index contributed by atoms with van der Waals surface area (Å²) in [6, 6.07) is 16.3. The molecule has 0 saturated carbocycles. The quantitative estimate of drug-likeness (QED) is 0.549. The smallest absolute Gasteiger partial charge is 0.396 e. The van der Waals surface area contributed by atoms with Crippen LogP contribution in [0.5, 0.6) is 0 Å². The predicted molar refractivity (Wildman–Crippen MR) is 108 cm³/mol. The van der Waals surface area contributed by atoms with Crippen LogP contribution >= 0.6 is 0 Å². The van der Waals surface area contributed by atoms with E-state index in [0.717, 1.165) is 12.1 Å². The molecule has 7 heteroatoms. The first-order chi connectivity index (χ1) is 14.3. The second-order valence-electron chi connectivity index (χ2n) is 6.65. The molecule has 0 aliphatic carbocycles. The maximum absolute atomic E-state index is 12.9. The molecule has 0 fully saturated rings. The van der Waals surface area contributed by atoms with Crippen LogP contribution in [0.2, 0.25) is 0 Å². The highest BCUT2D eigenvalue weighted by molar-refractivity contribution is 6.09. The zero-order valence-corrected chi connectivity index (χ0v) is 15.9. The second kappa shape index (κ2) is 9.11. The standard InChI is InChI=1S/C23H20F3NO3/c24-23(25,26)17-10-8-16(9-11-17)18-5-1-2-6-19(18)22(30)27-21-7-3-4-15(12-13-28)20(21)14-29/h1-11,28-29H,12-14H2,(H,27,30). The van der Waals surface area contributed by atoms with Gasteiger partial charge in [0.15, 0.2) is 0 Å². The van der Waals surface area contributed by atoms with Crippen LogP contribution in [0.1, 0.15) is 27.0 Å². The van der Waals surface area contributed by atoms with Gasteiger partial charge in [0.05, 0.1) is 12.2 Å². The Labute approximate surface area is 171 Å². The SMILES string of the molecule is O=C(Nc1cccc(CCO)c1CO)c1ccccc1-c1ccc(C(F)(F)F)cc1. The molecule has 0 unspecified atom stereocenters. The minimum Gasteiger partial charge on any atom is -0.396 e. The van der Waals surface area contributed by atoms with E-state index in [9.17, 15) is 28.2 Å². The molecule has 4 nitrogen and oxygen atoms in total. The molecular formula is C23H20F3NO3. The lowest BCUT2D eigenvalue weighted by Crippen LogP contribution is -2.15. The number of aliphatic hydroxyl groups is 2. The van der Waals surface area contributed by atoms with E-state index in [2.05, 4.69) is 5.32 Å². The lowest BCUT2D eigenvalue weighted by molar-refractivity contribution is -0.137. The summed E-state index contributed by atoms with van der Waals surface area (Å²) in [5, 5.41) is 21.7. The van der Waals surface area contributed by atoms with Crippen molar-refractivity contribution in [2.24, 2.45) is 0 Å². The summed E-state index contributed by atoms with van der Waals surface area (Å²) in [5.74, 6) is -0.457. The molecule has 0 spiro atoms. The summed E-state index contributed by atoms with van der Waals surface area (Å²) in [7, 11) is 0. The zero-order valence-electron chi connectivity index (χ0n) is 15.9. The van der Waals surface area contributed by atoms with E-state index < -0.39 is 17.6 Å². The lowest BCUT2D eigenvalue weighted by Gasteiger charge is -2.15. The molecule has 3 aromatic carbocycles. The van der Waals surface area contributed by atoms with E-state index in [0.29, 0.717) is 34.4 Å². The molecule has 0 saturated heterocycles. The maximum atomic E-state index is 12.9. The highest BCUT2D eigenvalue weighted by atomic mass is 19.4. The van der Waals surface area contributed by atoms with Crippen molar-refractivity contribution in [2.75, 3.05) is 11.9 Å². The zero-order chi connectivity index (χ0) is 21.7. The minimum atomic E-state index is -4.43. The van der Waals surface area contributed by atoms with E-state index >= 15 is 0 Å². The Bertz CT molecular complexity index is 1030. The Morgan fingerprint density at radius 3 is 2.23 bits per heavy atom. The van der Waals surface area contributed by atoms with Gasteiger partial charge in [0.2, 0.25) is 0 Å². The molecule has 0 radical (unpaired) electrons. The number of hydrogen-bond acceptors (Lipinski definition) is 3. The van der Waals surface area contributed by atoms with Gasteiger partial charge < -0.3 is 15.5 Å². The van der Waals surface area contributed by atoms with Crippen molar-refractivity contribution >= 4 is 11.6 Å². The predicted octanol–water partition coefficient (Wildman–Crippen LogP) is 4.65. The molecule has 0 aliphatic heterocycles. The van der Waals surface area contributed by atoms with Crippen LogP contribution in [0.4, 0.5) is 18.9 Å². The van der Waals surface area contributed by atoms with E-state index in [1.165, 1.54) is 12.1 Å². The average molecular weight is 415 g/mol. The summed E-state index contributed by atoms with van der Waals surface area (Å²) in [6.45, 7) is -0.409. The number of anilines is 1. The molecule has 1 amide bonds. The monoisotopic (exact) mass is 415 g/mol. The average Bonchev–Trinajstić information content (AvgIpc) is 2.73. The van der Waals surface area contributed by atoms with Crippen molar-refractivity contribution in [1.29, 1.82) is 0 Å². The van der Waals surface area contributed by atoms with Gasteiger partial charge in [-0.25, -0.2) is 0 Å². The van der Waals surface area contributed by atoms with Gasteiger partial charge in [0, 0.05) is 23.4 Å². The Balaban J connectivity index is 1.93. The molecule has 0 heterocycles. The number of hydrogen-bond donors (Lipinski definition) is 3. The highest BCUT2D eigenvalue weighted by Crippen LogP contribution is 2.32. The van der Waals surface area contributed by atoms with Crippen LogP contribution in [-0.2, 0) is 19.2 Å². The Kier molecular flexibility index (Phi) is 6.54. The van der Waals surface area contributed by atoms with Gasteiger partial charge in [-0.2, -0.15) is 13.2 Å². The number of benzene rings is 3. The number of rotatable bonds is 6. The third-order valence-corrected chi connectivity index (χ3v) is 4.76. The van der Waals surface area contributed by atoms with Crippen molar-refractivity contribution in [2.45, 2.75) is 19.2 Å². The summed E-state index contributed by atoms with van der Waals surface area (Å²) in [6.07, 6.45) is -4.10. The first kappa shape index (κ1) is 21.5. The van der Waals surface area contributed by atoms with Crippen molar-refractivity contribution in [3.63, 3.8) is 0 Å². The summed E-state index contributed by atoms with van der Waals surface area (Å²) in [4.78, 5) is 12.9. The summed E-state index contributed by atoms with van der Waals surface area (Å²) in [5.41, 5.74) is 2.12. The van der Waals surface area contributed by atoms with E-state index in [4.69, 9.17) is 0 Å². The van der Waals surface area contributed by atoms with Gasteiger partial charge in [-0.1, -0.05) is 42.5 Å². The number of aliphatic hydroxyl groups excluding tert-OH is 2. The third kappa shape index (κ3) is 4.69. The molecule has 0 aliphatic rings. The fraction of sp³-hybridized carbons (Fsp3) is 0.174. The van der Waals surface area contributed by atoms with Gasteiger partial charge in [-0.3, -0.25) is 4.79 Å². The molecule has 156 valence electrons. The van der Waals surface area contributed by atoms with Gasteiger partial charge in [0.25, 0.3) is 5.91 Å². The van der Waals surface area contributed by atoms with Crippen LogP contribution in [0.15, 0.2) is 66.7 Å². The van der Waals surface area contributed by atoms with E-state index in [-0.39, 0.29) is 18.8 Å². The summed E-state index contributed by atoms with van der Waals surface area (Å²) >= 11 is 0. The summed E-state index contributed by atoms with van der Waals surface area (Å²) < 4.78 is 38.5. The van der Waals surface area contributed by atoms with Crippen molar-refractivity contribution in [1.82, 2.24) is 0 Å². The van der Waals surface area contributed by atoms with Gasteiger partial charge in [0.1, 0.15) is 0 Å². The maximum Gasteiger partial charge on any atom is 0.416 e. The topological polar surface area (TPSA) is 69.6 Å². The normalized spacial score (nSPS) is 11.4. The first-order valence-electron chi connectivity index (χ1n) is 9.25. The van der Waals surface area contributed by atoms with Crippen molar-refractivity contribution < 1.29 is 28.2 Å². The van der Waals surface area contributed by atoms with Gasteiger partial charge in [-0.05, 0) is 47.4 Å². The van der Waals surface area contributed by atoms with E-state index in [1.54, 1.807) is 42.5 Å². The number of carbonyl (C=O) groups excluding carboxylic acids is 1. The minimum absolute atomic E-state index is 0.0961. The number of carbonyl (C=O) groups is 1. The molecule has 3 aromatic rings. The molecular weight excluding hydrogens is 395 g/mol. The fourth-order valence-electron chi connectivity index (χ4n) is 3.25. The molecule has 3 N–H and O–H groups in total. The van der Waals surface area contributed by atoms with Crippen LogP contribution in [0, 0.1) is 0 Å². The first-order valence-corrected chi connectivity index (χ1v) is 9.25. The van der Waals surface area contributed by atoms with Crippen LogP contribution < -0.4 is 5.32 Å². The molecule has 3 rings (SSSR count). The highest BCUT2D eigenvalue weighted by Gasteiger charge is 2.30. The Morgan fingerprint density at radius 1 is 0.900 bits per heavy atom. The number of nitrogens with one attached hydrogen (secondary N) is 1. The van der Waals surface area contributed by atoms with E-state index in [1.807, 2.05) is 0 Å². The number of alkyl halides is 3. The number of halogens is 3. The van der Waals surface area contributed by atoms with Crippen LogP contribution in [0.3, 0.4) is 0 Å². The molecule has 0 bridgehead atoms. The van der Waals surface area contributed by atoms with Gasteiger partial charge >= 0.3 is 6.18 Å². The molecule has 30 heavy (non-hydrogen) atoms. The Morgan fingerprint density at radius 2 is 1.60 bits per heavy atom. The van der Waals surface area contributed by atoms with Crippen molar-refractivity contribution in [3.05, 3.63) is 89.0 Å². The van der Waals surface area contributed by atoms with Crippen molar-refractivity contribution in [3.8, 4) is 11.1 Å². The molecule has 0 atom stereocenters.